The first-order valence-corrected chi connectivity index (χ1v) is 6.36. The van der Waals surface area contributed by atoms with Crippen molar-refractivity contribution in [1.82, 2.24) is 10.3 Å². The molecule has 0 unspecified atom stereocenters. The van der Waals surface area contributed by atoms with Crippen LogP contribution in [0.1, 0.15) is 29.4 Å². The summed E-state index contributed by atoms with van der Waals surface area (Å²) in [4.78, 5) is 16.9. The van der Waals surface area contributed by atoms with Gasteiger partial charge in [-0.1, -0.05) is 0 Å². The minimum absolute atomic E-state index is 0.0207. The summed E-state index contributed by atoms with van der Waals surface area (Å²) in [5.41, 5.74) is 7.16. The number of anilines is 1. The molecule has 5 heteroatoms. The van der Waals surface area contributed by atoms with Crippen LogP contribution in [0, 0.1) is 0 Å². The quantitative estimate of drug-likeness (QED) is 0.854. The molecule has 1 fully saturated rings. The average Bonchev–Trinajstić information content (AvgIpc) is 2.92. The molecule has 88 valence electrons. The molecular weight excluding hydrogens is 234 g/mol. The number of nitrogens with one attached hydrogen (secondary N) is 1. The summed E-state index contributed by atoms with van der Waals surface area (Å²) in [5.74, 6) is -0.0782. The molecule has 1 aliphatic rings. The lowest BCUT2D eigenvalue weighted by atomic mass is 10.2. The van der Waals surface area contributed by atoms with Crippen LogP contribution in [0.25, 0.3) is 10.2 Å². The van der Waals surface area contributed by atoms with Gasteiger partial charge in [-0.2, -0.15) is 0 Å². The predicted molar refractivity (Wildman–Crippen MR) is 69.1 cm³/mol. The highest BCUT2D eigenvalue weighted by molar-refractivity contribution is 7.21. The molecule has 0 bridgehead atoms. The summed E-state index contributed by atoms with van der Waals surface area (Å²) in [6.45, 7) is 2.05. The van der Waals surface area contributed by atoms with Gasteiger partial charge in [-0.25, -0.2) is 0 Å². The van der Waals surface area contributed by atoms with E-state index in [4.69, 9.17) is 5.73 Å². The first-order valence-electron chi connectivity index (χ1n) is 5.55. The van der Waals surface area contributed by atoms with E-state index in [0.717, 1.165) is 23.1 Å². The highest BCUT2D eigenvalue weighted by Crippen LogP contribution is 2.37. The van der Waals surface area contributed by atoms with Crippen LogP contribution in [-0.2, 0) is 0 Å². The molecule has 0 radical (unpaired) electrons. The molecule has 0 spiro atoms. The van der Waals surface area contributed by atoms with Crippen molar-refractivity contribution in [3.05, 3.63) is 23.2 Å². The Bertz CT molecular complexity index is 601. The zero-order valence-corrected chi connectivity index (χ0v) is 10.3. The minimum atomic E-state index is -0.0782. The van der Waals surface area contributed by atoms with E-state index < -0.39 is 0 Å². The third-order valence-electron chi connectivity index (χ3n) is 3.10. The van der Waals surface area contributed by atoms with Crippen LogP contribution in [0.3, 0.4) is 0 Å². The second kappa shape index (κ2) is 3.43. The second-order valence-electron chi connectivity index (χ2n) is 4.71. The molecule has 1 aliphatic carbocycles. The number of hydrogen-bond acceptors (Lipinski definition) is 4. The molecule has 1 saturated carbocycles. The zero-order chi connectivity index (χ0) is 12.0. The van der Waals surface area contributed by atoms with Crippen LogP contribution in [-0.4, -0.2) is 16.4 Å². The van der Waals surface area contributed by atoms with E-state index in [1.807, 2.05) is 19.1 Å². The van der Waals surface area contributed by atoms with Crippen LogP contribution in [0.15, 0.2) is 18.3 Å². The van der Waals surface area contributed by atoms with Gasteiger partial charge in [0.2, 0.25) is 0 Å². The largest absolute Gasteiger partial charge is 0.396 e. The number of fused-ring (bicyclic) bond motifs is 1. The van der Waals surface area contributed by atoms with Gasteiger partial charge in [0.1, 0.15) is 10.4 Å². The van der Waals surface area contributed by atoms with Gasteiger partial charge in [0.15, 0.2) is 0 Å². The lowest BCUT2D eigenvalue weighted by Gasteiger charge is -2.10. The molecule has 1 amide bonds. The van der Waals surface area contributed by atoms with E-state index in [0.29, 0.717) is 10.6 Å². The van der Waals surface area contributed by atoms with Gasteiger partial charge in [-0.05, 0) is 31.9 Å². The molecule has 4 nitrogen and oxygen atoms in total. The summed E-state index contributed by atoms with van der Waals surface area (Å²) in [6.07, 6.45) is 3.78. The SMILES string of the molecule is CC1(NC(=O)c2sc3cccnc3c2N)CC1. The van der Waals surface area contributed by atoms with Crippen molar-refractivity contribution >= 4 is 33.1 Å². The summed E-state index contributed by atoms with van der Waals surface area (Å²) in [6, 6.07) is 3.78. The average molecular weight is 247 g/mol. The van der Waals surface area contributed by atoms with E-state index in [9.17, 15) is 4.79 Å². The third-order valence-corrected chi connectivity index (χ3v) is 4.26. The van der Waals surface area contributed by atoms with Gasteiger partial charge >= 0.3 is 0 Å². The Morgan fingerprint density at radius 1 is 1.59 bits per heavy atom. The number of carbonyl (C=O) groups excluding carboxylic acids is 1. The first kappa shape index (κ1) is 10.5. The summed E-state index contributed by atoms with van der Waals surface area (Å²) in [5, 5.41) is 3.01. The normalized spacial score (nSPS) is 17.0. The van der Waals surface area contributed by atoms with Crippen LogP contribution in [0.2, 0.25) is 0 Å². The van der Waals surface area contributed by atoms with Gasteiger partial charge in [-0.15, -0.1) is 11.3 Å². The Kier molecular flexibility index (Phi) is 2.13. The molecule has 0 aliphatic heterocycles. The van der Waals surface area contributed by atoms with Crippen molar-refractivity contribution in [2.75, 3.05) is 5.73 Å². The van der Waals surface area contributed by atoms with Crippen molar-refractivity contribution in [3.8, 4) is 0 Å². The molecule has 0 saturated heterocycles. The fourth-order valence-electron chi connectivity index (χ4n) is 1.76. The Labute approximate surface area is 103 Å². The summed E-state index contributed by atoms with van der Waals surface area (Å²) in [7, 11) is 0. The maximum atomic E-state index is 12.1. The number of hydrogen-bond donors (Lipinski definition) is 2. The van der Waals surface area contributed by atoms with Gasteiger partial charge in [0.25, 0.3) is 5.91 Å². The standard InChI is InChI=1S/C12H13N3OS/c1-12(4-5-12)15-11(16)10-8(13)9-7(17-10)3-2-6-14-9/h2-3,6H,4-5,13H2,1H3,(H,15,16). The number of nitrogens with zero attached hydrogens (tertiary/aromatic N) is 1. The predicted octanol–water partition coefficient (Wildman–Crippen LogP) is 2.16. The molecule has 17 heavy (non-hydrogen) atoms. The number of nitrogens with two attached hydrogens (primary N) is 1. The van der Waals surface area contributed by atoms with E-state index in [1.54, 1.807) is 6.20 Å². The van der Waals surface area contributed by atoms with Crippen LogP contribution in [0.4, 0.5) is 5.69 Å². The van der Waals surface area contributed by atoms with E-state index in [-0.39, 0.29) is 11.4 Å². The maximum absolute atomic E-state index is 12.1. The van der Waals surface area contributed by atoms with Crippen molar-refractivity contribution in [2.45, 2.75) is 25.3 Å². The van der Waals surface area contributed by atoms with Gasteiger partial charge in [0, 0.05) is 11.7 Å². The molecule has 2 aromatic heterocycles. The second-order valence-corrected chi connectivity index (χ2v) is 5.76. The van der Waals surface area contributed by atoms with Gasteiger partial charge in [-0.3, -0.25) is 9.78 Å². The van der Waals surface area contributed by atoms with Crippen molar-refractivity contribution in [3.63, 3.8) is 0 Å². The number of rotatable bonds is 2. The number of amides is 1. The maximum Gasteiger partial charge on any atom is 0.263 e. The van der Waals surface area contributed by atoms with Gasteiger partial charge < -0.3 is 11.1 Å². The first-order chi connectivity index (χ1) is 8.09. The van der Waals surface area contributed by atoms with Gasteiger partial charge in [0.05, 0.1) is 10.4 Å². The van der Waals surface area contributed by atoms with Crippen LogP contribution in [0.5, 0.6) is 0 Å². The third kappa shape index (κ3) is 1.76. The molecule has 3 N–H and O–H groups in total. The van der Waals surface area contributed by atoms with Crippen molar-refractivity contribution in [2.24, 2.45) is 0 Å². The zero-order valence-electron chi connectivity index (χ0n) is 9.49. The number of thiophene rings is 1. The van der Waals surface area contributed by atoms with Crippen molar-refractivity contribution < 1.29 is 4.79 Å². The fraction of sp³-hybridized carbons (Fsp3) is 0.333. The monoisotopic (exact) mass is 247 g/mol. The number of nitrogen functional groups attached to an aromatic ring is 1. The highest BCUT2D eigenvalue weighted by Gasteiger charge is 2.39. The highest BCUT2D eigenvalue weighted by atomic mass is 32.1. The lowest BCUT2D eigenvalue weighted by Crippen LogP contribution is -2.34. The number of pyridine rings is 1. The fourth-order valence-corrected chi connectivity index (χ4v) is 2.74. The summed E-state index contributed by atoms with van der Waals surface area (Å²) >= 11 is 1.40. The van der Waals surface area contributed by atoms with E-state index in [2.05, 4.69) is 10.3 Å². The number of carbonyl (C=O) groups is 1. The van der Waals surface area contributed by atoms with E-state index in [1.165, 1.54) is 11.3 Å². The topological polar surface area (TPSA) is 68.0 Å². The Morgan fingerprint density at radius 2 is 2.35 bits per heavy atom. The molecule has 0 aromatic carbocycles. The number of aromatic nitrogens is 1. The molecule has 2 aromatic rings. The minimum Gasteiger partial charge on any atom is -0.396 e. The molecule has 3 rings (SSSR count). The van der Waals surface area contributed by atoms with E-state index >= 15 is 0 Å². The Balaban J connectivity index is 1.99. The summed E-state index contributed by atoms with van der Waals surface area (Å²) < 4.78 is 0.955. The molecule has 2 heterocycles. The van der Waals surface area contributed by atoms with Crippen molar-refractivity contribution in [1.29, 1.82) is 0 Å². The van der Waals surface area contributed by atoms with Crippen LogP contribution < -0.4 is 11.1 Å². The van der Waals surface area contributed by atoms with Crippen LogP contribution >= 0.6 is 11.3 Å². The Morgan fingerprint density at radius 3 is 3.00 bits per heavy atom. The smallest absolute Gasteiger partial charge is 0.263 e. The molecule has 0 atom stereocenters. The lowest BCUT2D eigenvalue weighted by molar-refractivity contribution is 0.0940. The molecular formula is C12H13N3OS. The Hall–Kier alpha value is -1.62.